The van der Waals surface area contributed by atoms with Gasteiger partial charge in [0.1, 0.15) is 17.5 Å². The molecule has 2 fully saturated rings. The third-order valence-corrected chi connectivity index (χ3v) is 7.78. The summed E-state index contributed by atoms with van der Waals surface area (Å²) >= 11 is 0. The minimum Gasteiger partial charge on any atom is -0.497 e. The van der Waals surface area contributed by atoms with Crippen molar-refractivity contribution in [2.24, 2.45) is 5.92 Å². The lowest BCUT2D eigenvalue weighted by Gasteiger charge is -2.34. The first-order valence-corrected chi connectivity index (χ1v) is 12.9. The molecule has 2 amide bonds. The van der Waals surface area contributed by atoms with E-state index >= 15 is 0 Å². The fraction of sp³-hybridized carbons (Fsp3) is 0.615. The summed E-state index contributed by atoms with van der Waals surface area (Å²) in [6.07, 6.45) is 3.32. The van der Waals surface area contributed by atoms with Crippen LogP contribution in [0.25, 0.3) is 0 Å². The first-order chi connectivity index (χ1) is 17.5. The van der Waals surface area contributed by atoms with Crippen LogP contribution in [0.4, 0.5) is 0 Å². The number of likely N-dealkylation sites (tertiary alicyclic amines) is 2. The molecule has 1 N–H and O–H groups in total. The second kappa shape index (κ2) is 11.0. The predicted octanol–water partition coefficient (Wildman–Crippen LogP) is 1.90. The Morgan fingerprint density at radius 1 is 1.08 bits per heavy atom. The van der Waals surface area contributed by atoms with Gasteiger partial charge in [0.15, 0.2) is 0 Å². The minimum atomic E-state index is -0.0491. The number of nitrogens with zero attached hydrogens (tertiary/aromatic N) is 5. The Kier molecular flexibility index (Phi) is 7.52. The summed E-state index contributed by atoms with van der Waals surface area (Å²) < 4.78 is 13.4. The van der Waals surface area contributed by atoms with Gasteiger partial charge in [0.25, 0.3) is 0 Å². The van der Waals surface area contributed by atoms with Gasteiger partial charge in [-0.2, -0.15) is 0 Å². The summed E-state index contributed by atoms with van der Waals surface area (Å²) in [7, 11) is 1.66. The third kappa shape index (κ3) is 5.54. The zero-order chi connectivity index (χ0) is 25.1. The zero-order valence-corrected chi connectivity index (χ0v) is 21.2. The van der Waals surface area contributed by atoms with Crippen LogP contribution >= 0.6 is 0 Å². The average Bonchev–Trinajstić information content (AvgIpc) is 3.31. The van der Waals surface area contributed by atoms with E-state index in [9.17, 15) is 9.59 Å². The lowest BCUT2D eigenvalue weighted by atomic mass is 9.94. The Balaban J connectivity index is 1.08. The SMILES string of the molecule is COc1ccc([C@H]2Cn3nnc(CN4CCC(NC(=O)C5CCN(C(C)=O)CC5)CC4)c3CO2)cc1. The summed E-state index contributed by atoms with van der Waals surface area (Å²) in [4.78, 5) is 28.5. The summed E-state index contributed by atoms with van der Waals surface area (Å²) in [5.41, 5.74) is 3.13. The second-order valence-electron chi connectivity index (χ2n) is 10.1. The van der Waals surface area contributed by atoms with Gasteiger partial charge in [-0.05, 0) is 43.4 Å². The number of hydrogen-bond acceptors (Lipinski definition) is 7. The fourth-order valence-corrected chi connectivity index (χ4v) is 5.43. The second-order valence-corrected chi connectivity index (χ2v) is 10.1. The van der Waals surface area contributed by atoms with E-state index in [1.54, 1.807) is 14.0 Å². The molecule has 4 heterocycles. The van der Waals surface area contributed by atoms with Crippen molar-refractivity contribution in [2.75, 3.05) is 33.3 Å². The molecule has 1 aromatic carbocycles. The number of aromatic nitrogens is 3. The topological polar surface area (TPSA) is 102 Å². The summed E-state index contributed by atoms with van der Waals surface area (Å²) in [5.74, 6) is 1.09. The maximum atomic E-state index is 12.7. The first kappa shape index (κ1) is 24.7. The largest absolute Gasteiger partial charge is 0.497 e. The smallest absolute Gasteiger partial charge is 0.223 e. The van der Waals surface area contributed by atoms with Crippen molar-refractivity contribution in [2.45, 2.75) is 64.4 Å². The number of amides is 2. The number of carbonyl (C=O) groups is 2. The van der Waals surface area contributed by atoms with Crippen LogP contribution in [0.1, 0.15) is 55.7 Å². The molecular weight excluding hydrogens is 460 g/mol. The quantitative estimate of drug-likeness (QED) is 0.652. The Morgan fingerprint density at radius 3 is 2.47 bits per heavy atom. The van der Waals surface area contributed by atoms with E-state index in [1.807, 2.05) is 33.8 Å². The summed E-state index contributed by atoms with van der Waals surface area (Å²) in [5, 5.41) is 12.1. The van der Waals surface area contributed by atoms with Gasteiger partial charge in [-0.15, -0.1) is 5.10 Å². The van der Waals surface area contributed by atoms with Crippen molar-refractivity contribution in [3.63, 3.8) is 0 Å². The normalized spacial score (nSPS) is 21.7. The van der Waals surface area contributed by atoms with E-state index in [0.29, 0.717) is 26.2 Å². The highest BCUT2D eigenvalue weighted by Crippen LogP contribution is 2.29. The number of nitrogens with one attached hydrogen (secondary N) is 1. The molecule has 0 bridgehead atoms. The highest BCUT2D eigenvalue weighted by atomic mass is 16.5. The third-order valence-electron chi connectivity index (χ3n) is 7.78. The van der Waals surface area contributed by atoms with Crippen LogP contribution in [0.5, 0.6) is 5.75 Å². The minimum absolute atomic E-state index is 0.0171. The number of ether oxygens (including phenoxy) is 2. The van der Waals surface area contributed by atoms with Crippen molar-refractivity contribution in [3.05, 3.63) is 41.2 Å². The van der Waals surface area contributed by atoms with Crippen LogP contribution in [-0.4, -0.2) is 75.9 Å². The molecule has 10 nitrogen and oxygen atoms in total. The van der Waals surface area contributed by atoms with E-state index in [2.05, 4.69) is 20.5 Å². The van der Waals surface area contributed by atoms with Crippen molar-refractivity contribution >= 4 is 11.8 Å². The molecule has 5 rings (SSSR count). The van der Waals surface area contributed by atoms with Crippen LogP contribution in [0.15, 0.2) is 24.3 Å². The number of carbonyl (C=O) groups excluding carboxylic acids is 2. The Hall–Kier alpha value is -2.98. The van der Waals surface area contributed by atoms with Crippen LogP contribution in [-0.2, 0) is 34.0 Å². The molecule has 1 aromatic heterocycles. The van der Waals surface area contributed by atoms with E-state index < -0.39 is 0 Å². The van der Waals surface area contributed by atoms with Crippen LogP contribution in [0.2, 0.25) is 0 Å². The number of benzene rings is 1. The lowest BCUT2D eigenvalue weighted by molar-refractivity contribution is -0.134. The monoisotopic (exact) mass is 496 g/mol. The summed E-state index contributed by atoms with van der Waals surface area (Å²) in [6, 6.07) is 8.17. The fourth-order valence-electron chi connectivity index (χ4n) is 5.43. The molecular formula is C26H36N6O4. The van der Waals surface area contributed by atoms with E-state index in [0.717, 1.165) is 68.0 Å². The van der Waals surface area contributed by atoms with E-state index in [1.165, 1.54) is 0 Å². The van der Waals surface area contributed by atoms with Gasteiger partial charge in [-0.1, -0.05) is 17.3 Å². The molecule has 0 aliphatic carbocycles. The Labute approximate surface area is 211 Å². The zero-order valence-electron chi connectivity index (χ0n) is 21.2. The molecule has 3 aliphatic rings. The number of piperidine rings is 2. The Bertz CT molecular complexity index is 1050. The van der Waals surface area contributed by atoms with Gasteiger partial charge >= 0.3 is 0 Å². The molecule has 10 heteroatoms. The predicted molar refractivity (Wildman–Crippen MR) is 132 cm³/mol. The van der Waals surface area contributed by atoms with Gasteiger partial charge in [-0.25, -0.2) is 4.68 Å². The van der Waals surface area contributed by atoms with Crippen LogP contribution in [0.3, 0.4) is 0 Å². The number of methoxy groups -OCH3 is 1. The average molecular weight is 497 g/mol. The Morgan fingerprint density at radius 2 is 1.81 bits per heavy atom. The molecule has 0 spiro atoms. The lowest BCUT2D eigenvalue weighted by Crippen LogP contribution is -2.48. The maximum absolute atomic E-state index is 12.7. The van der Waals surface area contributed by atoms with Crippen LogP contribution in [0, 0.1) is 5.92 Å². The highest BCUT2D eigenvalue weighted by Gasteiger charge is 2.30. The van der Waals surface area contributed by atoms with Gasteiger partial charge in [0.2, 0.25) is 11.8 Å². The first-order valence-electron chi connectivity index (χ1n) is 12.9. The molecule has 2 aromatic rings. The van der Waals surface area contributed by atoms with E-state index in [4.69, 9.17) is 9.47 Å². The maximum Gasteiger partial charge on any atom is 0.223 e. The van der Waals surface area contributed by atoms with Crippen molar-refractivity contribution in [1.82, 2.24) is 30.1 Å². The number of rotatable bonds is 6. The van der Waals surface area contributed by atoms with Gasteiger partial charge in [0, 0.05) is 51.6 Å². The molecule has 0 unspecified atom stereocenters. The molecule has 36 heavy (non-hydrogen) atoms. The molecule has 3 aliphatic heterocycles. The molecule has 0 radical (unpaired) electrons. The number of hydrogen-bond donors (Lipinski definition) is 1. The molecule has 1 atom stereocenters. The summed E-state index contributed by atoms with van der Waals surface area (Å²) in [6.45, 7) is 6.66. The molecule has 2 saturated heterocycles. The van der Waals surface area contributed by atoms with Gasteiger partial charge in [-0.3, -0.25) is 14.5 Å². The number of fused-ring (bicyclic) bond motifs is 1. The molecule has 0 saturated carbocycles. The highest BCUT2D eigenvalue weighted by molar-refractivity contribution is 5.79. The molecule has 194 valence electrons. The standard InChI is InChI=1S/C26H36N6O4/c1-18(33)31-13-7-20(8-14-31)26(34)27-21-9-11-30(12-10-21)15-23-24-17-36-25(16-32(24)29-28-23)19-3-5-22(35-2)6-4-19/h3-6,20-21,25H,7-17H2,1-2H3,(H,27,34)/t25-/m1/s1. The van der Waals surface area contributed by atoms with Gasteiger partial charge in [0.05, 0.1) is 26.0 Å². The van der Waals surface area contributed by atoms with Crippen molar-refractivity contribution in [3.8, 4) is 5.75 Å². The van der Waals surface area contributed by atoms with Gasteiger partial charge < -0.3 is 19.7 Å². The van der Waals surface area contributed by atoms with Crippen molar-refractivity contribution < 1.29 is 19.1 Å². The van der Waals surface area contributed by atoms with Crippen LogP contribution < -0.4 is 10.1 Å². The van der Waals surface area contributed by atoms with E-state index in [-0.39, 0.29) is 29.9 Å². The van der Waals surface area contributed by atoms with Crippen molar-refractivity contribution in [1.29, 1.82) is 0 Å².